The second-order valence-electron chi connectivity index (χ2n) is 6.61. The van der Waals surface area contributed by atoms with Gasteiger partial charge in [-0.15, -0.1) is 0 Å². The van der Waals surface area contributed by atoms with Crippen molar-refractivity contribution in [1.29, 1.82) is 0 Å². The van der Waals surface area contributed by atoms with Crippen molar-refractivity contribution in [2.45, 2.75) is 22.9 Å². The van der Waals surface area contributed by atoms with Crippen LogP contribution < -0.4 is 24.8 Å². The molecule has 3 heteroatoms. The summed E-state index contributed by atoms with van der Waals surface area (Å²) in [7, 11) is 0. The zero-order valence-corrected chi connectivity index (χ0v) is 19.2. The SMILES string of the molecule is CCC1C=Cc2ccccc21.[Cl-].[Cl-].[Zr+2][CH]1c2ccccc2-c2ccccc21. The Morgan fingerprint density at radius 1 is 0.704 bits per heavy atom. The molecule has 0 aliphatic heterocycles. The fourth-order valence-electron chi connectivity index (χ4n) is 3.84. The third kappa shape index (κ3) is 4.32. The summed E-state index contributed by atoms with van der Waals surface area (Å²) in [4.78, 5) is 0. The van der Waals surface area contributed by atoms with Gasteiger partial charge in [0.25, 0.3) is 0 Å². The Labute approximate surface area is 189 Å². The Morgan fingerprint density at radius 3 is 1.74 bits per heavy atom. The van der Waals surface area contributed by atoms with Gasteiger partial charge in [-0.3, -0.25) is 0 Å². The van der Waals surface area contributed by atoms with Gasteiger partial charge in [-0.2, -0.15) is 0 Å². The van der Waals surface area contributed by atoms with E-state index in [1.54, 1.807) is 24.7 Å². The van der Waals surface area contributed by atoms with Gasteiger partial charge in [0, 0.05) is 5.92 Å². The monoisotopic (exact) mass is 469 g/mol. The van der Waals surface area contributed by atoms with Crippen molar-refractivity contribution in [1.82, 2.24) is 0 Å². The normalized spacial score (nSPS) is 15.4. The molecule has 0 saturated heterocycles. The Kier molecular flexibility index (Phi) is 8.10. The van der Waals surface area contributed by atoms with Gasteiger partial charge in [0.1, 0.15) is 0 Å². The van der Waals surface area contributed by atoms with E-state index in [1.165, 1.54) is 39.8 Å². The van der Waals surface area contributed by atoms with Gasteiger partial charge in [0.05, 0.1) is 0 Å². The van der Waals surface area contributed by atoms with Gasteiger partial charge in [-0.05, 0) is 17.5 Å². The Bertz CT molecular complexity index is 887. The summed E-state index contributed by atoms with van der Waals surface area (Å²) >= 11 is 1.58. The molecule has 0 bridgehead atoms. The van der Waals surface area contributed by atoms with Crippen molar-refractivity contribution in [2.75, 3.05) is 0 Å². The molecule has 0 radical (unpaired) electrons. The van der Waals surface area contributed by atoms with E-state index in [-0.39, 0.29) is 24.8 Å². The molecule has 27 heavy (non-hydrogen) atoms. The van der Waals surface area contributed by atoms with Crippen molar-refractivity contribution in [3.63, 3.8) is 0 Å². The van der Waals surface area contributed by atoms with Gasteiger partial charge >= 0.3 is 99.1 Å². The van der Waals surface area contributed by atoms with E-state index in [0.717, 1.165) is 0 Å². The molecular weight excluding hydrogens is 450 g/mol. The summed E-state index contributed by atoms with van der Waals surface area (Å²) in [5, 5.41) is 0. The third-order valence-corrected chi connectivity index (χ3v) is 6.71. The molecule has 0 nitrogen and oxygen atoms in total. The van der Waals surface area contributed by atoms with Gasteiger partial charge in [0.15, 0.2) is 0 Å². The van der Waals surface area contributed by atoms with Crippen LogP contribution >= 0.6 is 0 Å². The zero-order valence-electron chi connectivity index (χ0n) is 15.2. The number of allylic oxidation sites excluding steroid dienone is 1. The van der Waals surface area contributed by atoms with Crippen molar-refractivity contribution in [2.24, 2.45) is 0 Å². The van der Waals surface area contributed by atoms with Crippen molar-refractivity contribution >= 4 is 6.08 Å². The Morgan fingerprint density at radius 2 is 1.19 bits per heavy atom. The predicted octanol–water partition coefficient (Wildman–Crippen LogP) is 0.518. The average molecular weight is 472 g/mol. The van der Waals surface area contributed by atoms with Crippen LogP contribution in [0.4, 0.5) is 0 Å². The van der Waals surface area contributed by atoms with Crippen LogP contribution in [0.25, 0.3) is 17.2 Å². The molecule has 0 heterocycles. The van der Waals surface area contributed by atoms with E-state index < -0.39 is 0 Å². The van der Waals surface area contributed by atoms with Gasteiger partial charge in [-0.1, -0.05) is 43.3 Å². The fraction of sp³-hybridized carbons (Fsp3) is 0.167. The summed E-state index contributed by atoms with van der Waals surface area (Å²) in [6, 6.07) is 26.2. The van der Waals surface area contributed by atoms with Crippen LogP contribution in [-0.4, -0.2) is 0 Å². The Balaban J connectivity index is 0.000000185. The molecule has 5 rings (SSSR count). The van der Waals surface area contributed by atoms with Crippen molar-refractivity contribution in [3.05, 3.63) is 101 Å². The van der Waals surface area contributed by atoms with Crippen LogP contribution in [0.1, 0.15) is 45.1 Å². The maximum atomic E-state index is 2.30. The molecule has 0 amide bonds. The van der Waals surface area contributed by atoms with E-state index in [0.29, 0.717) is 9.54 Å². The first-order chi connectivity index (χ1) is 12.3. The molecular formula is C24H21Cl2Zr. The predicted molar refractivity (Wildman–Crippen MR) is 102 cm³/mol. The Hall–Kier alpha value is -1.14. The minimum atomic E-state index is 0. The molecule has 0 N–H and O–H groups in total. The fourth-order valence-corrected chi connectivity index (χ4v) is 5.07. The van der Waals surface area contributed by atoms with Crippen LogP contribution in [-0.2, 0) is 24.7 Å². The summed E-state index contributed by atoms with van der Waals surface area (Å²) < 4.78 is 0.648. The zero-order chi connectivity index (χ0) is 17.2. The van der Waals surface area contributed by atoms with Crippen LogP contribution in [0.15, 0.2) is 78.9 Å². The van der Waals surface area contributed by atoms with E-state index >= 15 is 0 Å². The molecule has 0 aromatic heterocycles. The van der Waals surface area contributed by atoms with E-state index in [1.807, 2.05) is 0 Å². The van der Waals surface area contributed by atoms with Crippen molar-refractivity contribution < 1.29 is 49.5 Å². The topological polar surface area (TPSA) is 0 Å². The molecule has 1 atom stereocenters. The first-order valence-corrected chi connectivity index (χ1v) is 10.4. The quantitative estimate of drug-likeness (QED) is 0.486. The van der Waals surface area contributed by atoms with E-state index in [2.05, 4.69) is 91.9 Å². The summed E-state index contributed by atoms with van der Waals surface area (Å²) in [5.74, 6) is 0.672. The summed E-state index contributed by atoms with van der Waals surface area (Å²) in [5.41, 5.74) is 8.78. The van der Waals surface area contributed by atoms with Gasteiger partial charge in [0.2, 0.25) is 0 Å². The maximum absolute atomic E-state index is 2.30. The number of fused-ring (bicyclic) bond motifs is 4. The van der Waals surface area contributed by atoms with Crippen LogP contribution in [0.3, 0.4) is 0 Å². The first-order valence-electron chi connectivity index (χ1n) is 8.96. The standard InChI is InChI=1S/C13H9.C11H12.2ClH.Zr/c1-3-7-12-10(5-1)9-11-6-2-4-8-13(11)12;1-2-9-7-8-10-5-3-4-6-11(9)10;;;/h1-9H;3-9H,2H2,1H3;2*1H;/q;;;;+2/p-2. The molecule has 2 aliphatic rings. The number of halogens is 2. The van der Waals surface area contributed by atoms with Crippen LogP contribution in [0, 0.1) is 0 Å². The molecule has 3 aromatic carbocycles. The summed E-state index contributed by atoms with van der Waals surface area (Å²) in [6.45, 7) is 2.23. The molecule has 3 aromatic rings. The number of hydrogen-bond donors (Lipinski definition) is 0. The molecule has 135 valence electrons. The van der Waals surface area contributed by atoms with E-state index in [4.69, 9.17) is 0 Å². The second kappa shape index (κ2) is 9.88. The van der Waals surface area contributed by atoms with Crippen molar-refractivity contribution in [3.8, 4) is 11.1 Å². The van der Waals surface area contributed by atoms with E-state index in [9.17, 15) is 0 Å². The number of benzene rings is 3. The van der Waals surface area contributed by atoms with Gasteiger partial charge < -0.3 is 24.8 Å². The van der Waals surface area contributed by atoms with Gasteiger partial charge in [-0.25, -0.2) is 0 Å². The average Bonchev–Trinajstić information content (AvgIpc) is 3.23. The first kappa shape index (κ1) is 22.2. The number of rotatable bonds is 1. The summed E-state index contributed by atoms with van der Waals surface area (Å²) in [6.07, 6.45) is 5.74. The molecule has 2 aliphatic carbocycles. The number of hydrogen-bond acceptors (Lipinski definition) is 0. The molecule has 0 spiro atoms. The molecule has 0 saturated carbocycles. The third-order valence-electron chi connectivity index (χ3n) is 5.18. The second-order valence-corrected chi connectivity index (χ2v) is 8.03. The van der Waals surface area contributed by atoms with Crippen LogP contribution in [0.2, 0.25) is 0 Å². The molecule has 1 unspecified atom stereocenters. The molecule has 0 fully saturated rings. The minimum absolute atomic E-state index is 0. The van der Waals surface area contributed by atoms with Crippen LogP contribution in [0.5, 0.6) is 0 Å².